The molecule has 0 bridgehead atoms. The second-order valence-electron chi connectivity index (χ2n) is 3.74. The summed E-state index contributed by atoms with van der Waals surface area (Å²) in [5.41, 5.74) is 6.63. The summed E-state index contributed by atoms with van der Waals surface area (Å²) in [5, 5.41) is 9.16. The Kier molecular flexibility index (Phi) is 3.93. The minimum atomic E-state index is -4.64. The third-order valence-electron chi connectivity index (χ3n) is 2.48. The van der Waals surface area contributed by atoms with Gasteiger partial charge in [-0.3, -0.25) is 0 Å². The van der Waals surface area contributed by atoms with E-state index in [1.54, 1.807) is 24.3 Å². The van der Waals surface area contributed by atoms with Gasteiger partial charge in [-0.15, -0.1) is 0 Å². The number of rotatable bonds is 3. The third kappa shape index (κ3) is 2.96. The van der Waals surface area contributed by atoms with Crippen LogP contribution in [-0.2, 0) is 0 Å². The van der Waals surface area contributed by atoms with Gasteiger partial charge in [-0.2, -0.15) is 13.2 Å². The first-order valence-electron chi connectivity index (χ1n) is 4.87. The van der Waals surface area contributed by atoms with E-state index in [-0.39, 0.29) is 6.54 Å². The Morgan fingerprint density at radius 2 is 1.75 bits per heavy atom. The zero-order valence-electron chi connectivity index (χ0n) is 8.83. The van der Waals surface area contributed by atoms with Gasteiger partial charge in [0.2, 0.25) is 0 Å². The van der Waals surface area contributed by atoms with Crippen LogP contribution in [0.5, 0.6) is 0 Å². The van der Waals surface area contributed by atoms with Crippen molar-refractivity contribution in [1.82, 2.24) is 0 Å². The zero-order valence-corrected chi connectivity index (χ0v) is 8.83. The molecule has 1 rings (SSSR count). The number of aliphatic hydroxyl groups is 1. The van der Waals surface area contributed by atoms with E-state index >= 15 is 0 Å². The van der Waals surface area contributed by atoms with Crippen molar-refractivity contribution in [3.05, 3.63) is 35.4 Å². The summed E-state index contributed by atoms with van der Waals surface area (Å²) >= 11 is 0. The van der Waals surface area contributed by atoms with Crippen molar-refractivity contribution < 1.29 is 18.3 Å². The first kappa shape index (κ1) is 13.0. The molecule has 0 aliphatic carbocycles. The minimum absolute atomic E-state index is 0.246. The number of aryl methyl sites for hydroxylation is 1. The molecule has 0 fully saturated rings. The molecular formula is C11H14F3NO. The first-order chi connectivity index (χ1) is 7.36. The maximum atomic E-state index is 12.3. The predicted octanol–water partition coefficient (Wildman–Crippen LogP) is 1.96. The van der Waals surface area contributed by atoms with Crippen molar-refractivity contribution >= 4 is 0 Å². The second kappa shape index (κ2) is 4.84. The van der Waals surface area contributed by atoms with Crippen molar-refractivity contribution in [2.75, 3.05) is 6.54 Å². The van der Waals surface area contributed by atoms with E-state index in [9.17, 15) is 13.2 Å². The molecule has 2 atom stereocenters. The number of hydrogen-bond acceptors (Lipinski definition) is 2. The van der Waals surface area contributed by atoms with Crippen molar-refractivity contribution in [2.24, 2.45) is 5.73 Å². The van der Waals surface area contributed by atoms with Crippen molar-refractivity contribution in [3.63, 3.8) is 0 Å². The van der Waals surface area contributed by atoms with Crippen LogP contribution in [0.4, 0.5) is 13.2 Å². The van der Waals surface area contributed by atoms with Crippen LogP contribution < -0.4 is 5.73 Å². The summed E-state index contributed by atoms with van der Waals surface area (Å²) in [4.78, 5) is 0. The number of halogens is 3. The van der Waals surface area contributed by atoms with Gasteiger partial charge in [-0.1, -0.05) is 29.8 Å². The van der Waals surface area contributed by atoms with E-state index in [0.29, 0.717) is 5.56 Å². The smallest absolute Gasteiger partial charge is 0.383 e. The molecule has 0 radical (unpaired) electrons. The SMILES string of the molecule is Cc1ccc(C(CN)C(O)C(F)(F)F)cc1. The molecule has 16 heavy (non-hydrogen) atoms. The molecule has 0 aliphatic heterocycles. The highest BCUT2D eigenvalue weighted by Gasteiger charge is 2.43. The maximum absolute atomic E-state index is 12.3. The van der Waals surface area contributed by atoms with Gasteiger partial charge < -0.3 is 10.8 Å². The fourth-order valence-electron chi connectivity index (χ4n) is 1.49. The highest BCUT2D eigenvalue weighted by atomic mass is 19.4. The summed E-state index contributed by atoms with van der Waals surface area (Å²) in [6.45, 7) is 1.59. The van der Waals surface area contributed by atoms with Crippen LogP contribution in [0.25, 0.3) is 0 Å². The maximum Gasteiger partial charge on any atom is 0.414 e. The van der Waals surface area contributed by atoms with E-state index in [4.69, 9.17) is 10.8 Å². The highest BCUT2D eigenvalue weighted by Crippen LogP contribution is 2.31. The summed E-state index contributed by atoms with van der Waals surface area (Å²) in [6, 6.07) is 6.51. The van der Waals surface area contributed by atoms with Gasteiger partial charge in [0.25, 0.3) is 0 Å². The van der Waals surface area contributed by atoms with Crippen LogP contribution in [0.15, 0.2) is 24.3 Å². The second-order valence-corrected chi connectivity index (χ2v) is 3.74. The Morgan fingerprint density at radius 3 is 2.12 bits per heavy atom. The fourth-order valence-corrected chi connectivity index (χ4v) is 1.49. The lowest BCUT2D eigenvalue weighted by Gasteiger charge is -2.24. The zero-order chi connectivity index (χ0) is 12.3. The van der Waals surface area contributed by atoms with Crippen LogP contribution in [0.3, 0.4) is 0 Å². The van der Waals surface area contributed by atoms with E-state index in [1.807, 2.05) is 6.92 Å². The molecule has 0 aromatic heterocycles. The lowest BCUT2D eigenvalue weighted by atomic mass is 9.92. The first-order valence-corrected chi connectivity index (χ1v) is 4.87. The molecule has 1 aromatic rings. The molecule has 5 heteroatoms. The van der Waals surface area contributed by atoms with Crippen LogP contribution >= 0.6 is 0 Å². The largest absolute Gasteiger partial charge is 0.414 e. The summed E-state index contributed by atoms with van der Waals surface area (Å²) < 4.78 is 37.0. The summed E-state index contributed by atoms with van der Waals surface area (Å²) in [7, 11) is 0. The minimum Gasteiger partial charge on any atom is -0.383 e. The van der Waals surface area contributed by atoms with Crippen molar-refractivity contribution in [3.8, 4) is 0 Å². The molecule has 0 saturated carbocycles. The van der Waals surface area contributed by atoms with Gasteiger partial charge in [-0.25, -0.2) is 0 Å². The van der Waals surface area contributed by atoms with Crippen LogP contribution in [0, 0.1) is 6.92 Å². The van der Waals surface area contributed by atoms with Gasteiger partial charge in [0.1, 0.15) is 0 Å². The molecule has 3 N–H and O–H groups in total. The van der Waals surface area contributed by atoms with E-state index in [2.05, 4.69) is 0 Å². The quantitative estimate of drug-likeness (QED) is 0.838. The average molecular weight is 233 g/mol. The van der Waals surface area contributed by atoms with Gasteiger partial charge in [-0.05, 0) is 12.5 Å². The molecule has 0 spiro atoms. The Balaban J connectivity index is 2.94. The molecule has 2 unspecified atom stereocenters. The van der Waals surface area contributed by atoms with Gasteiger partial charge in [0.15, 0.2) is 6.10 Å². The topological polar surface area (TPSA) is 46.2 Å². The number of benzene rings is 1. The fraction of sp³-hybridized carbons (Fsp3) is 0.455. The standard InChI is InChI=1S/C11H14F3NO/c1-7-2-4-8(5-3-7)9(6-15)10(16)11(12,13)14/h2-5,9-10,16H,6,15H2,1H3. The van der Waals surface area contributed by atoms with E-state index in [1.165, 1.54) is 0 Å². The Hall–Kier alpha value is -1.07. The van der Waals surface area contributed by atoms with E-state index < -0.39 is 18.2 Å². The van der Waals surface area contributed by atoms with Crippen molar-refractivity contribution in [2.45, 2.75) is 25.1 Å². The lowest BCUT2D eigenvalue weighted by molar-refractivity contribution is -0.209. The molecule has 0 aliphatic rings. The number of nitrogens with two attached hydrogens (primary N) is 1. The van der Waals surface area contributed by atoms with E-state index in [0.717, 1.165) is 5.56 Å². The molecule has 1 aromatic carbocycles. The molecule has 2 nitrogen and oxygen atoms in total. The predicted molar refractivity (Wildman–Crippen MR) is 55.0 cm³/mol. The lowest BCUT2D eigenvalue weighted by Crippen LogP contribution is -2.38. The Morgan fingerprint density at radius 1 is 1.25 bits per heavy atom. The van der Waals surface area contributed by atoms with Gasteiger partial charge in [0.05, 0.1) is 0 Å². The molecule has 90 valence electrons. The van der Waals surface area contributed by atoms with Crippen LogP contribution in [0.2, 0.25) is 0 Å². The van der Waals surface area contributed by atoms with Crippen LogP contribution in [-0.4, -0.2) is 23.9 Å². The number of alkyl halides is 3. The highest BCUT2D eigenvalue weighted by molar-refractivity contribution is 5.26. The van der Waals surface area contributed by atoms with Gasteiger partial charge in [0, 0.05) is 12.5 Å². The molecule has 0 heterocycles. The normalized spacial score (nSPS) is 15.9. The summed E-state index contributed by atoms with van der Waals surface area (Å²) in [5.74, 6) is -1.11. The molecule has 0 amide bonds. The molecular weight excluding hydrogens is 219 g/mol. The number of hydrogen-bond donors (Lipinski definition) is 2. The average Bonchev–Trinajstić information content (AvgIpc) is 2.20. The van der Waals surface area contributed by atoms with Crippen molar-refractivity contribution in [1.29, 1.82) is 0 Å². The van der Waals surface area contributed by atoms with Crippen LogP contribution in [0.1, 0.15) is 17.0 Å². The molecule has 0 saturated heterocycles. The summed E-state index contributed by atoms with van der Waals surface area (Å²) in [6.07, 6.45) is -7.06. The van der Waals surface area contributed by atoms with Gasteiger partial charge >= 0.3 is 6.18 Å². The number of aliphatic hydroxyl groups excluding tert-OH is 1. The Labute approximate surface area is 91.9 Å². The monoisotopic (exact) mass is 233 g/mol. The third-order valence-corrected chi connectivity index (χ3v) is 2.48. The Bertz CT molecular complexity index is 334.